The molecule has 6 heteroatoms. The van der Waals surface area contributed by atoms with Crippen LogP contribution in [-0.2, 0) is 0 Å². The Morgan fingerprint density at radius 1 is 1.47 bits per heavy atom. The zero-order chi connectivity index (χ0) is 12.3. The first-order valence-corrected chi connectivity index (χ1v) is 5.92. The summed E-state index contributed by atoms with van der Waals surface area (Å²) in [7, 11) is 0. The van der Waals surface area contributed by atoms with Gasteiger partial charge in [0.25, 0.3) is 5.91 Å². The molecule has 1 aliphatic carbocycles. The molecule has 1 aliphatic rings. The van der Waals surface area contributed by atoms with Crippen LogP contribution in [0.2, 0.25) is 0 Å². The summed E-state index contributed by atoms with van der Waals surface area (Å²) in [5, 5.41) is 9.02. The van der Waals surface area contributed by atoms with E-state index in [0.29, 0.717) is 6.54 Å². The maximum absolute atomic E-state index is 12.2. The van der Waals surface area contributed by atoms with Crippen molar-refractivity contribution in [1.29, 1.82) is 0 Å². The molecule has 1 aromatic heterocycles. The first-order chi connectivity index (χ1) is 8.22. The van der Waals surface area contributed by atoms with E-state index >= 15 is 0 Å². The molecule has 0 aromatic carbocycles. The third-order valence-electron chi connectivity index (χ3n) is 3.19. The zero-order valence-corrected chi connectivity index (χ0v) is 9.61. The van der Waals surface area contributed by atoms with Crippen LogP contribution in [0.1, 0.15) is 36.2 Å². The molecule has 17 heavy (non-hydrogen) atoms. The molecule has 0 aliphatic heterocycles. The second-order valence-corrected chi connectivity index (χ2v) is 4.32. The van der Waals surface area contributed by atoms with Crippen molar-refractivity contribution in [3.8, 4) is 0 Å². The molecule has 1 amide bonds. The number of hydrogen-bond donors (Lipinski definition) is 3. The fourth-order valence-electron chi connectivity index (χ4n) is 2.38. The Morgan fingerprint density at radius 3 is 2.71 bits per heavy atom. The highest BCUT2D eigenvalue weighted by Gasteiger charge is 2.27. The maximum Gasteiger partial charge on any atom is 0.323 e. The van der Waals surface area contributed by atoms with Crippen molar-refractivity contribution in [3.63, 3.8) is 0 Å². The van der Waals surface area contributed by atoms with Gasteiger partial charge in [-0.1, -0.05) is 12.8 Å². The number of aliphatic hydroxyl groups excluding tert-OH is 1. The minimum atomic E-state index is -0.385. The summed E-state index contributed by atoms with van der Waals surface area (Å²) in [6, 6.07) is 0.188. The molecule has 0 atom stereocenters. The molecule has 94 valence electrons. The van der Waals surface area contributed by atoms with E-state index in [0.717, 1.165) is 25.7 Å². The second-order valence-electron chi connectivity index (χ2n) is 4.32. The van der Waals surface area contributed by atoms with Crippen LogP contribution in [0.15, 0.2) is 11.0 Å². The summed E-state index contributed by atoms with van der Waals surface area (Å²) < 4.78 is 0. The van der Waals surface area contributed by atoms with Crippen molar-refractivity contribution >= 4 is 5.91 Å². The molecule has 0 spiro atoms. The lowest BCUT2D eigenvalue weighted by Crippen LogP contribution is -2.41. The number of aromatic nitrogens is 2. The Kier molecular flexibility index (Phi) is 3.63. The van der Waals surface area contributed by atoms with Gasteiger partial charge >= 0.3 is 5.69 Å². The highest BCUT2D eigenvalue weighted by atomic mass is 16.3. The van der Waals surface area contributed by atoms with Gasteiger partial charge in [0.05, 0.1) is 6.61 Å². The van der Waals surface area contributed by atoms with E-state index in [9.17, 15) is 9.59 Å². The normalized spacial score (nSPS) is 16.3. The Bertz CT molecular complexity index is 431. The van der Waals surface area contributed by atoms with E-state index in [1.165, 1.54) is 6.20 Å². The molecule has 0 radical (unpaired) electrons. The van der Waals surface area contributed by atoms with Gasteiger partial charge in [-0.05, 0) is 12.8 Å². The van der Waals surface area contributed by atoms with Gasteiger partial charge < -0.3 is 20.0 Å². The van der Waals surface area contributed by atoms with Crippen LogP contribution >= 0.6 is 0 Å². The van der Waals surface area contributed by atoms with Crippen LogP contribution in [0, 0.1) is 0 Å². The number of carbonyl (C=O) groups excluding carboxylic acids is 1. The number of nitrogens with zero attached hydrogens (tertiary/aromatic N) is 1. The van der Waals surface area contributed by atoms with Gasteiger partial charge in [-0.25, -0.2) is 4.79 Å². The Balaban J connectivity index is 2.14. The quantitative estimate of drug-likeness (QED) is 0.695. The topological polar surface area (TPSA) is 89.2 Å². The summed E-state index contributed by atoms with van der Waals surface area (Å²) in [4.78, 5) is 29.7. The maximum atomic E-state index is 12.2. The van der Waals surface area contributed by atoms with E-state index in [1.807, 2.05) is 0 Å². The second kappa shape index (κ2) is 5.18. The molecule has 1 aromatic rings. The highest BCUT2D eigenvalue weighted by molar-refractivity contribution is 5.92. The number of carbonyl (C=O) groups is 1. The molecular formula is C11H17N3O3. The molecule has 0 saturated heterocycles. The van der Waals surface area contributed by atoms with Gasteiger partial charge in [-0.3, -0.25) is 4.79 Å². The Morgan fingerprint density at radius 2 is 2.18 bits per heavy atom. The van der Waals surface area contributed by atoms with Crippen LogP contribution in [0.25, 0.3) is 0 Å². The Labute approximate surface area is 98.7 Å². The first-order valence-electron chi connectivity index (χ1n) is 5.92. The van der Waals surface area contributed by atoms with Crippen LogP contribution in [0.5, 0.6) is 0 Å². The molecule has 1 saturated carbocycles. The third kappa shape index (κ3) is 2.58. The van der Waals surface area contributed by atoms with E-state index in [2.05, 4.69) is 9.97 Å². The highest BCUT2D eigenvalue weighted by Crippen LogP contribution is 2.24. The lowest BCUT2D eigenvalue weighted by atomic mass is 10.2. The van der Waals surface area contributed by atoms with E-state index in [4.69, 9.17) is 5.11 Å². The van der Waals surface area contributed by atoms with Gasteiger partial charge in [0.2, 0.25) is 0 Å². The number of rotatable bonds is 4. The summed E-state index contributed by atoms with van der Waals surface area (Å²) in [6.45, 7) is 0.258. The molecule has 3 N–H and O–H groups in total. The van der Waals surface area contributed by atoms with Crippen molar-refractivity contribution in [1.82, 2.24) is 14.9 Å². The minimum absolute atomic E-state index is 0.0586. The lowest BCUT2D eigenvalue weighted by molar-refractivity contribution is 0.0632. The van der Waals surface area contributed by atoms with Gasteiger partial charge in [-0.2, -0.15) is 0 Å². The van der Waals surface area contributed by atoms with Crippen molar-refractivity contribution in [2.45, 2.75) is 31.7 Å². The first kappa shape index (κ1) is 11.9. The molecular weight excluding hydrogens is 222 g/mol. The number of nitrogens with one attached hydrogen (secondary N) is 2. The van der Waals surface area contributed by atoms with E-state index in [1.54, 1.807) is 4.90 Å². The van der Waals surface area contributed by atoms with Gasteiger partial charge in [0.15, 0.2) is 0 Å². The number of aliphatic hydroxyl groups is 1. The Hall–Kier alpha value is -1.56. The molecule has 2 rings (SSSR count). The van der Waals surface area contributed by atoms with Crippen molar-refractivity contribution in [2.24, 2.45) is 0 Å². The largest absolute Gasteiger partial charge is 0.395 e. The fourth-order valence-corrected chi connectivity index (χ4v) is 2.38. The summed E-state index contributed by atoms with van der Waals surface area (Å²) in [6.07, 6.45) is 5.55. The SMILES string of the molecule is O=C(c1c[nH]c(=O)[nH]1)N(CCO)C1CCCC1. The van der Waals surface area contributed by atoms with Gasteiger partial charge in [0.1, 0.15) is 5.69 Å². The number of H-pyrrole nitrogens is 2. The standard InChI is InChI=1S/C11H17N3O3/c15-6-5-14(8-3-1-2-4-8)10(16)9-7-12-11(17)13-9/h7-8,15H,1-6H2,(H2,12,13,17). The molecule has 0 unspecified atom stereocenters. The number of amides is 1. The van der Waals surface area contributed by atoms with Crippen LogP contribution < -0.4 is 5.69 Å². The fraction of sp³-hybridized carbons (Fsp3) is 0.636. The monoisotopic (exact) mass is 239 g/mol. The molecule has 0 bridgehead atoms. The predicted molar refractivity (Wildman–Crippen MR) is 61.8 cm³/mol. The molecule has 6 nitrogen and oxygen atoms in total. The summed E-state index contributed by atoms with van der Waals surface area (Å²) in [5.74, 6) is -0.218. The summed E-state index contributed by atoms with van der Waals surface area (Å²) in [5.41, 5.74) is -0.126. The molecule has 1 heterocycles. The lowest BCUT2D eigenvalue weighted by Gasteiger charge is -2.27. The van der Waals surface area contributed by atoms with Gasteiger partial charge in [-0.15, -0.1) is 0 Å². The summed E-state index contributed by atoms with van der Waals surface area (Å²) >= 11 is 0. The van der Waals surface area contributed by atoms with E-state index in [-0.39, 0.29) is 29.9 Å². The molecule has 1 fully saturated rings. The number of aromatic amines is 2. The van der Waals surface area contributed by atoms with Crippen molar-refractivity contribution in [2.75, 3.05) is 13.2 Å². The van der Waals surface area contributed by atoms with Crippen LogP contribution in [0.3, 0.4) is 0 Å². The third-order valence-corrected chi connectivity index (χ3v) is 3.19. The van der Waals surface area contributed by atoms with Crippen molar-refractivity contribution in [3.05, 3.63) is 22.4 Å². The van der Waals surface area contributed by atoms with Crippen LogP contribution in [0.4, 0.5) is 0 Å². The van der Waals surface area contributed by atoms with Crippen molar-refractivity contribution < 1.29 is 9.90 Å². The average molecular weight is 239 g/mol. The average Bonchev–Trinajstić information content (AvgIpc) is 2.95. The minimum Gasteiger partial charge on any atom is -0.395 e. The van der Waals surface area contributed by atoms with E-state index < -0.39 is 0 Å². The number of hydrogen-bond acceptors (Lipinski definition) is 3. The van der Waals surface area contributed by atoms with Crippen LogP contribution in [-0.4, -0.2) is 45.1 Å². The zero-order valence-electron chi connectivity index (χ0n) is 9.61. The predicted octanol–water partition coefficient (Wildman–Crippen LogP) is 0.0801. The van der Waals surface area contributed by atoms with Gasteiger partial charge in [0, 0.05) is 18.8 Å². The number of imidazole rings is 1. The smallest absolute Gasteiger partial charge is 0.323 e.